The van der Waals surface area contributed by atoms with Crippen LogP contribution in [0.4, 0.5) is 0 Å². The van der Waals surface area contributed by atoms with Crippen molar-refractivity contribution in [2.45, 2.75) is 16.8 Å². The number of nitrogens with zero attached hydrogens (tertiary/aromatic N) is 3. The summed E-state index contributed by atoms with van der Waals surface area (Å²) in [4.78, 5) is 17.7. The lowest BCUT2D eigenvalue weighted by molar-refractivity contribution is -0.130. The number of carbonyl (C=O) groups is 1. The predicted molar refractivity (Wildman–Crippen MR) is 123 cm³/mol. The lowest BCUT2D eigenvalue weighted by Crippen LogP contribution is -2.28. The van der Waals surface area contributed by atoms with E-state index in [0.717, 1.165) is 37.3 Å². The van der Waals surface area contributed by atoms with Gasteiger partial charge in [-0.15, -0.1) is 11.3 Å². The standard InChI is InChI=1S/C23H19N3O3S2/c1-28-16-10-8-15(9-11-16)18-13-19(20-6-4-12-29-20)26(25-18)22(27)14-30-23-24-17-5-2-3-7-21(17)31-23/h2-12,19H,13-14H2,1H3. The van der Waals surface area contributed by atoms with Gasteiger partial charge in [-0.2, -0.15) is 5.10 Å². The van der Waals surface area contributed by atoms with Crippen LogP contribution in [-0.2, 0) is 4.79 Å². The van der Waals surface area contributed by atoms with E-state index in [4.69, 9.17) is 9.15 Å². The molecule has 4 aromatic rings. The molecule has 0 saturated heterocycles. The zero-order valence-corrected chi connectivity index (χ0v) is 18.4. The van der Waals surface area contributed by atoms with E-state index in [-0.39, 0.29) is 17.7 Å². The van der Waals surface area contributed by atoms with Crippen LogP contribution < -0.4 is 4.74 Å². The van der Waals surface area contributed by atoms with Crippen LogP contribution in [0, 0.1) is 0 Å². The molecule has 0 aliphatic carbocycles. The number of benzene rings is 2. The topological polar surface area (TPSA) is 67.9 Å². The molecule has 1 atom stereocenters. The number of furan rings is 1. The van der Waals surface area contributed by atoms with Crippen LogP contribution in [0.1, 0.15) is 23.8 Å². The molecule has 0 spiro atoms. The maximum absolute atomic E-state index is 13.1. The number of rotatable bonds is 6. The maximum Gasteiger partial charge on any atom is 0.253 e. The molecule has 0 saturated carbocycles. The summed E-state index contributed by atoms with van der Waals surface area (Å²) in [6, 6.07) is 19.2. The fourth-order valence-electron chi connectivity index (χ4n) is 3.50. The fraction of sp³-hybridized carbons (Fsp3) is 0.174. The third kappa shape index (κ3) is 4.08. The summed E-state index contributed by atoms with van der Waals surface area (Å²) < 4.78 is 12.9. The van der Waals surface area contributed by atoms with E-state index in [9.17, 15) is 4.79 Å². The van der Waals surface area contributed by atoms with Crippen molar-refractivity contribution in [2.24, 2.45) is 5.10 Å². The van der Waals surface area contributed by atoms with Crippen LogP contribution in [0.5, 0.6) is 5.75 Å². The van der Waals surface area contributed by atoms with E-state index in [1.165, 1.54) is 11.8 Å². The zero-order chi connectivity index (χ0) is 21.2. The first kappa shape index (κ1) is 19.8. The summed E-state index contributed by atoms with van der Waals surface area (Å²) in [6.45, 7) is 0. The SMILES string of the molecule is COc1ccc(C2=NN(C(=O)CSc3nc4ccccc4s3)C(c3ccco3)C2)cc1. The highest BCUT2D eigenvalue weighted by molar-refractivity contribution is 8.01. The number of aromatic nitrogens is 1. The molecule has 1 aliphatic rings. The summed E-state index contributed by atoms with van der Waals surface area (Å²) in [5.74, 6) is 1.70. The minimum Gasteiger partial charge on any atom is -0.497 e. The summed E-state index contributed by atoms with van der Waals surface area (Å²) in [5, 5.41) is 6.23. The normalized spacial score (nSPS) is 16.0. The first-order valence-electron chi connectivity index (χ1n) is 9.77. The van der Waals surface area contributed by atoms with Crippen molar-refractivity contribution < 1.29 is 13.9 Å². The smallest absolute Gasteiger partial charge is 0.253 e. The molecule has 6 nitrogen and oxygen atoms in total. The second kappa shape index (κ2) is 8.56. The number of fused-ring (bicyclic) bond motifs is 1. The Balaban J connectivity index is 1.36. The van der Waals surface area contributed by atoms with Gasteiger partial charge in [-0.25, -0.2) is 9.99 Å². The molecule has 0 N–H and O–H groups in total. The zero-order valence-electron chi connectivity index (χ0n) is 16.7. The number of carbonyl (C=O) groups excluding carboxylic acids is 1. The van der Waals surface area contributed by atoms with Gasteiger partial charge in [0, 0.05) is 6.42 Å². The number of thiazole rings is 1. The summed E-state index contributed by atoms with van der Waals surface area (Å²) in [7, 11) is 1.64. The highest BCUT2D eigenvalue weighted by atomic mass is 32.2. The quantitative estimate of drug-likeness (QED) is 0.370. The van der Waals surface area contributed by atoms with Crippen LogP contribution >= 0.6 is 23.1 Å². The Morgan fingerprint density at radius 1 is 1.19 bits per heavy atom. The molecule has 31 heavy (non-hydrogen) atoms. The van der Waals surface area contributed by atoms with Crippen molar-refractivity contribution in [1.29, 1.82) is 0 Å². The van der Waals surface area contributed by atoms with E-state index in [1.54, 1.807) is 29.7 Å². The van der Waals surface area contributed by atoms with E-state index in [0.29, 0.717) is 6.42 Å². The molecule has 0 fully saturated rings. The molecule has 1 amide bonds. The Morgan fingerprint density at radius 3 is 2.77 bits per heavy atom. The lowest BCUT2D eigenvalue weighted by Gasteiger charge is -2.19. The van der Waals surface area contributed by atoms with Gasteiger partial charge in [0.1, 0.15) is 17.6 Å². The Bertz CT molecular complexity index is 1200. The maximum atomic E-state index is 13.1. The molecule has 1 unspecified atom stereocenters. The number of hydrogen-bond donors (Lipinski definition) is 0. The van der Waals surface area contributed by atoms with Gasteiger partial charge in [0.2, 0.25) is 0 Å². The molecular formula is C23H19N3O3S2. The average Bonchev–Trinajstić information content (AvgIpc) is 3.56. The van der Waals surface area contributed by atoms with Crippen molar-refractivity contribution >= 4 is 44.9 Å². The fourth-order valence-corrected chi connectivity index (χ4v) is 5.42. The van der Waals surface area contributed by atoms with Crippen molar-refractivity contribution in [3.05, 3.63) is 78.3 Å². The Labute approximate surface area is 187 Å². The minimum absolute atomic E-state index is 0.0748. The first-order chi connectivity index (χ1) is 15.2. The van der Waals surface area contributed by atoms with E-state index in [1.807, 2.05) is 60.7 Å². The lowest BCUT2D eigenvalue weighted by atomic mass is 10.0. The third-order valence-electron chi connectivity index (χ3n) is 5.05. The van der Waals surface area contributed by atoms with Gasteiger partial charge >= 0.3 is 0 Å². The molecule has 3 heterocycles. The summed E-state index contributed by atoms with van der Waals surface area (Å²) in [5.41, 5.74) is 2.77. The van der Waals surface area contributed by atoms with Crippen LogP contribution in [0.2, 0.25) is 0 Å². The summed E-state index contributed by atoms with van der Waals surface area (Å²) in [6.07, 6.45) is 2.22. The van der Waals surface area contributed by atoms with Crippen LogP contribution in [0.25, 0.3) is 10.2 Å². The van der Waals surface area contributed by atoms with Gasteiger partial charge in [0.25, 0.3) is 5.91 Å². The van der Waals surface area contributed by atoms with Gasteiger partial charge < -0.3 is 9.15 Å². The van der Waals surface area contributed by atoms with Crippen molar-refractivity contribution in [3.63, 3.8) is 0 Å². The molecule has 156 valence electrons. The number of amides is 1. The third-order valence-corrected chi connectivity index (χ3v) is 7.22. The monoisotopic (exact) mass is 449 g/mol. The second-order valence-corrected chi connectivity index (χ2v) is 9.24. The predicted octanol–water partition coefficient (Wildman–Crippen LogP) is 5.37. The molecule has 0 bridgehead atoms. The Hall–Kier alpha value is -3.10. The van der Waals surface area contributed by atoms with E-state index < -0.39 is 0 Å². The molecule has 1 aliphatic heterocycles. The number of thioether (sulfide) groups is 1. The minimum atomic E-state index is -0.254. The van der Waals surface area contributed by atoms with Crippen LogP contribution in [-0.4, -0.2) is 34.5 Å². The number of hydrazone groups is 1. The number of methoxy groups -OCH3 is 1. The van der Waals surface area contributed by atoms with Gasteiger partial charge in [-0.05, 0) is 54.1 Å². The largest absolute Gasteiger partial charge is 0.497 e. The highest BCUT2D eigenvalue weighted by Crippen LogP contribution is 2.35. The Morgan fingerprint density at radius 2 is 2.03 bits per heavy atom. The van der Waals surface area contributed by atoms with Crippen molar-refractivity contribution in [2.75, 3.05) is 12.9 Å². The van der Waals surface area contributed by atoms with Gasteiger partial charge in [-0.3, -0.25) is 4.79 Å². The van der Waals surface area contributed by atoms with Crippen LogP contribution in [0.3, 0.4) is 0 Å². The number of ether oxygens (including phenoxy) is 1. The average molecular weight is 450 g/mol. The number of hydrogen-bond acceptors (Lipinski definition) is 7. The highest BCUT2D eigenvalue weighted by Gasteiger charge is 2.34. The molecular weight excluding hydrogens is 430 g/mol. The molecule has 8 heteroatoms. The number of para-hydroxylation sites is 1. The van der Waals surface area contributed by atoms with E-state index in [2.05, 4.69) is 10.1 Å². The van der Waals surface area contributed by atoms with Gasteiger partial charge in [0.05, 0.1) is 35.1 Å². The Kier molecular flexibility index (Phi) is 5.48. The molecule has 5 rings (SSSR count). The molecule has 0 radical (unpaired) electrons. The van der Waals surface area contributed by atoms with Gasteiger partial charge in [-0.1, -0.05) is 23.9 Å². The molecule has 2 aromatic heterocycles. The van der Waals surface area contributed by atoms with Crippen molar-refractivity contribution in [1.82, 2.24) is 9.99 Å². The van der Waals surface area contributed by atoms with E-state index >= 15 is 0 Å². The van der Waals surface area contributed by atoms with Crippen molar-refractivity contribution in [3.8, 4) is 5.75 Å². The summed E-state index contributed by atoms with van der Waals surface area (Å²) >= 11 is 3.04. The first-order valence-corrected chi connectivity index (χ1v) is 11.6. The second-order valence-electron chi connectivity index (χ2n) is 6.99. The van der Waals surface area contributed by atoms with Gasteiger partial charge in [0.15, 0.2) is 4.34 Å². The molecule has 2 aromatic carbocycles. The van der Waals surface area contributed by atoms with Crippen LogP contribution in [0.15, 0.2) is 80.8 Å².